The highest BCUT2D eigenvalue weighted by Crippen LogP contribution is 2.46. The van der Waals surface area contributed by atoms with Gasteiger partial charge in [-0.25, -0.2) is 22.5 Å². The molecule has 0 aliphatic rings. The van der Waals surface area contributed by atoms with E-state index in [4.69, 9.17) is 4.98 Å². The van der Waals surface area contributed by atoms with E-state index in [9.17, 15) is 30.7 Å². The Morgan fingerprint density at radius 1 is 0.412 bits per heavy atom. The second-order valence-corrected chi connectivity index (χ2v) is 17.7. The van der Waals surface area contributed by atoms with Crippen LogP contribution in [0, 0.1) is 0 Å². The average molecular weight is 909 g/mol. The van der Waals surface area contributed by atoms with E-state index in [1.165, 1.54) is 30.3 Å². The Balaban J connectivity index is 1.08. The van der Waals surface area contributed by atoms with Crippen LogP contribution in [-0.2, 0) is 18.3 Å². The third-order valence-corrected chi connectivity index (χ3v) is 12.9. The number of nitrogens with zero attached hydrogens (tertiary/aromatic N) is 2. The maximum absolute atomic E-state index is 14.4. The first kappa shape index (κ1) is 42.8. The predicted octanol–water partition coefficient (Wildman–Crippen LogP) is 17.6. The molecule has 11 rings (SSSR count). The number of hydrogen-bond donors (Lipinski definition) is 0. The van der Waals surface area contributed by atoms with E-state index >= 15 is 0 Å². The SMILES string of the molecule is CC(F)(F)c1ccc(-n2c(-c3ccc(-c4ccc5c(-c6ccc7cc(CC(F)(F)F)ccc7c6)c6ccccc6c(-c6ccc7cc(C(C)(F)F)ccc7c6)c5c4)cc3)nc3ccccc32)cc1. The molecular weight excluding hydrogens is 870 g/mol. The lowest BCUT2D eigenvalue weighted by molar-refractivity contribution is -0.127. The summed E-state index contributed by atoms with van der Waals surface area (Å²) in [5.41, 5.74) is 8.78. The summed E-state index contributed by atoms with van der Waals surface area (Å²) in [5.74, 6) is -5.31. The molecule has 334 valence electrons. The molecule has 0 spiro atoms. The predicted molar refractivity (Wildman–Crippen MR) is 262 cm³/mol. The zero-order chi connectivity index (χ0) is 47.1. The number of halogens is 7. The highest BCUT2D eigenvalue weighted by molar-refractivity contribution is 6.22. The quantitative estimate of drug-likeness (QED) is 0.110. The first-order valence-corrected chi connectivity index (χ1v) is 22.1. The van der Waals surface area contributed by atoms with Crippen LogP contribution >= 0.6 is 0 Å². The molecule has 0 amide bonds. The molecule has 0 aliphatic carbocycles. The van der Waals surface area contributed by atoms with Crippen molar-refractivity contribution in [2.45, 2.75) is 38.3 Å². The smallest absolute Gasteiger partial charge is 0.292 e. The van der Waals surface area contributed by atoms with Crippen molar-refractivity contribution >= 4 is 54.1 Å². The number of para-hydroxylation sites is 2. The summed E-state index contributed by atoms with van der Waals surface area (Å²) in [6.45, 7) is 1.77. The molecule has 2 nitrogen and oxygen atoms in total. The molecule has 0 atom stereocenters. The summed E-state index contributed by atoms with van der Waals surface area (Å²) in [6, 6.07) is 57.9. The summed E-state index contributed by atoms with van der Waals surface area (Å²) in [7, 11) is 0. The molecular formula is C59H39F7N2. The Morgan fingerprint density at radius 2 is 0.912 bits per heavy atom. The maximum Gasteiger partial charge on any atom is 0.393 e. The molecule has 1 heterocycles. The van der Waals surface area contributed by atoms with Crippen LogP contribution < -0.4 is 0 Å². The van der Waals surface area contributed by atoms with E-state index in [2.05, 4.69) is 30.3 Å². The monoisotopic (exact) mass is 908 g/mol. The fourth-order valence-corrected chi connectivity index (χ4v) is 9.64. The van der Waals surface area contributed by atoms with Crippen LogP contribution in [0.25, 0.3) is 105 Å². The molecule has 0 N–H and O–H groups in total. The molecule has 0 fully saturated rings. The van der Waals surface area contributed by atoms with Gasteiger partial charge in [0.25, 0.3) is 11.8 Å². The molecule has 68 heavy (non-hydrogen) atoms. The van der Waals surface area contributed by atoms with Gasteiger partial charge in [-0.15, -0.1) is 0 Å². The van der Waals surface area contributed by atoms with Crippen LogP contribution in [0.1, 0.15) is 30.5 Å². The number of alkyl halides is 7. The van der Waals surface area contributed by atoms with E-state index in [-0.39, 0.29) is 16.7 Å². The molecule has 0 saturated carbocycles. The van der Waals surface area contributed by atoms with Gasteiger partial charge in [-0.3, -0.25) is 4.57 Å². The van der Waals surface area contributed by atoms with Gasteiger partial charge >= 0.3 is 6.18 Å². The Labute approximate surface area is 386 Å². The van der Waals surface area contributed by atoms with Crippen molar-refractivity contribution in [1.82, 2.24) is 9.55 Å². The van der Waals surface area contributed by atoms with Crippen LogP contribution in [0.5, 0.6) is 0 Å². The van der Waals surface area contributed by atoms with Gasteiger partial charge in [-0.2, -0.15) is 13.2 Å². The molecule has 11 aromatic rings. The minimum absolute atomic E-state index is 0.0594. The molecule has 9 heteroatoms. The minimum atomic E-state index is -4.32. The van der Waals surface area contributed by atoms with E-state index < -0.39 is 24.4 Å². The Morgan fingerprint density at radius 3 is 1.56 bits per heavy atom. The molecule has 0 aliphatic heterocycles. The van der Waals surface area contributed by atoms with Crippen molar-refractivity contribution in [3.05, 3.63) is 205 Å². The van der Waals surface area contributed by atoms with Gasteiger partial charge in [0.05, 0.1) is 17.5 Å². The largest absolute Gasteiger partial charge is 0.393 e. The summed E-state index contributed by atoms with van der Waals surface area (Å²) >= 11 is 0. The van der Waals surface area contributed by atoms with Crippen LogP contribution in [0.15, 0.2) is 188 Å². The third kappa shape index (κ3) is 7.81. The number of hydrogen-bond acceptors (Lipinski definition) is 1. The lowest BCUT2D eigenvalue weighted by atomic mass is 9.84. The second kappa shape index (κ2) is 15.9. The second-order valence-electron chi connectivity index (χ2n) is 17.7. The number of benzene rings is 10. The maximum atomic E-state index is 14.4. The lowest BCUT2D eigenvalue weighted by Crippen LogP contribution is -2.11. The molecule has 0 bridgehead atoms. The van der Waals surface area contributed by atoms with E-state index in [0.29, 0.717) is 22.3 Å². The van der Waals surface area contributed by atoms with Gasteiger partial charge in [0.15, 0.2) is 0 Å². The van der Waals surface area contributed by atoms with Gasteiger partial charge in [0.2, 0.25) is 0 Å². The van der Waals surface area contributed by atoms with Crippen LogP contribution in [0.4, 0.5) is 30.7 Å². The van der Waals surface area contributed by atoms with Gasteiger partial charge in [0.1, 0.15) is 5.82 Å². The van der Waals surface area contributed by atoms with Gasteiger partial charge < -0.3 is 0 Å². The van der Waals surface area contributed by atoms with E-state index in [0.717, 1.165) is 96.1 Å². The summed E-state index contributed by atoms with van der Waals surface area (Å²) in [5, 5.41) is 6.87. The highest BCUT2D eigenvalue weighted by atomic mass is 19.4. The highest BCUT2D eigenvalue weighted by Gasteiger charge is 2.28. The van der Waals surface area contributed by atoms with Crippen molar-refractivity contribution in [1.29, 1.82) is 0 Å². The number of fused-ring (bicyclic) bond motifs is 5. The number of imidazole rings is 1. The normalized spacial score (nSPS) is 12.5. The topological polar surface area (TPSA) is 17.8 Å². The molecule has 1 aromatic heterocycles. The zero-order valence-corrected chi connectivity index (χ0v) is 36.6. The fraction of sp³-hybridized carbons (Fsp3) is 0.102. The summed E-state index contributed by atoms with van der Waals surface area (Å²) < 4.78 is 99.2. The standard InChI is InChI=1S/C59H39F7N2/c1-57(60,61)45-24-26-47(27-25-45)68-53-10-6-5-9-52(53)67-56(68)37-15-13-36(14-16-37)42-22-28-50-51(33-42)55(44-20-18-41-32-46(58(2,62)63)23-21-40(41)31-44)49-8-4-3-7-48(49)54(50)43-19-17-38-29-35(34-59(64,65)66)11-12-39(38)30-43/h3-33H,34H2,1-2H3. The Bertz CT molecular complexity index is 3760. The molecule has 0 saturated heterocycles. The average Bonchev–Trinajstić information content (AvgIpc) is 3.71. The van der Waals surface area contributed by atoms with E-state index in [1.807, 2.05) is 102 Å². The van der Waals surface area contributed by atoms with Crippen LogP contribution in [-0.4, -0.2) is 15.7 Å². The van der Waals surface area contributed by atoms with Gasteiger partial charge in [-0.05, 0) is 131 Å². The molecule has 0 radical (unpaired) electrons. The Kier molecular flexibility index (Phi) is 10.0. The van der Waals surface area contributed by atoms with Crippen molar-refractivity contribution in [3.8, 4) is 50.5 Å². The first-order valence-electron chi connectivity index (χ1n) is 22.1. The summed E-state index contributed by atoms with van der Waals surface area (Å²) in [6.07, 6.45) is -5.33. The minimum Gasteiger partial charge on any atom is -0.292 e. The van der Waals surface area contributed by atoms with Crippen LogP contribution in [0.3, 0.4) is 0 Å². The van der Waals surface area contributed by atoms with Crippen molar-refractivity contribution < 1.29 is 30.7 Å². The molecule has 0 unspecified atom stereocenters. The number of aromatic nitrogens is 2. The van der Waals surface area contributed by atoms with Crippen molar-refractivity contribution in [2.75, 3.05) is 0 Å². The van der Waals surface area contributed by atoms with Crippen molar-refractivity contribution in [2.24, 2.45) is 0 Å². The van der Waals surface area contributed by atoms with Gasteiger partial charge in [0, 0.05) is 36.2 Å². The first-order chi connectivity index (χ1) is 32.6. The lowest BCUT2D eigenvalue weighted by Gasteiger charge is -2.20. The van der Waals surface area contributed by atoms with Crippen molar-refractivity contribution in [3.63, 3.8) is 0 Å². The van der Waals surface area contributed by atoms with Crippen LogP contribution in [0.2, 0.25) is 0 Å². The zero-order valence-electron chi connectivity index (χ0n) is 36.6. The molecule has 10 aromatic carbocycles. The number of rotatable bonds is 8. The summed E-state index contributed by atoms with van der Waals surface area (Å²) in [4.78, 5) is 4.99. The van der Waals surface area contributed by atoms with E-state index in [1.54, 1.807) is 30.3 Å². The Hall–Kier alpha value is -7.78. The van der Waals surface area contributed by atoms with Gasteiger partial charge in [-0.1, -0.05) is 140 Å². The third-order valence-electron chi connectivity index (χ3n) is 12.9. The fourth-order valence-electron chi connectivity index (χ4n) is 9.64.